The van der Waals surface area contributed by atoms with E-state index in [1.807, 2.05) is 0 Å². The lowest BCUT2D eigenvalue weighted by Crippen LogP contribution is -2.13. The van der Waals surface area contributed by atoms with E-state index in [1.54, 1.807) is 0 Å². The molecule has 4 heteroatoms. The third kappa shape index (κ3) is 1.64. The Kier molecular flexibility index (Phi) is 2.64. The molecule has 0 aromatic heterocycles. The first-order chi connectivity index (χ1) is 6.40. The third-order valence-electron chi connectivity index (χ3n) is 1.94. The van der Waals surface area contributed by atoms with E-state index < -0.39 is 28.7 Å². The fourth-order valence-electron chi connectivity index (χ4n) is 1.03. The van der Waals surface area contributed by atoms with Gasteiger partial charge in [0.2, 0.25) is 0 Å². The van der Waals surface area contributed by atoms with Gasteiger partial charge in [-0.05, 0) is 25.1 Å². The first kappa shape index (κ1) is 10.8. The summed E-state index contributed by atoms with van der Waals surface area (Å²) >= 11 is 0. The third-order valence-corrected chi connectivity index (χ3v) is 1.94. The Bertz CT molecular complexity index is 369. The van der Waals surface area contributed by atoms with Gasteiger partial charge in [-0.2, -0.15) is 8.78 Å². The second-order valence-electron chi connectivity index (χ2n) is 2.86. The molecular formula is C10H8F4. The molecule has 0 heterocycles. The summed E-state index contributed by atoms with van der Waals surface area (Å²) in [6, 6.07) is 1.53. The van der Waals surface area contributed by atoms with Gasteiger partial charge in [0.05, 0.1) is 5.56 Å². The Morgan fingerprint density at radius 2 is 1.86 bits per heavy atom. The molecule has 0 saturated carbocycles. The Morgan fingerprint density at radius 1 is 1.29 bits per heavy atom. The van der Waals surface area contributed by atoms with Crippen molar-refractivity contribution in [2.24, 2.45) is 0 Å². The number of benzene rings is 1. The van der Waals surface area contributed by atoms with Crippen molar-refractivity contribution in [3.63, 3.8) is 0 Å². The summed E-state index contributed by atoms with van der Waals surface area (Å²) in [6.07, 6.45) is 0.322. The fourth-order valence-corrected chi connectivity index (χ4v) is 1.03. The Labute approximate surface area is 78.9 Å². The molecule has 0 radical (unpaired) electrons. The summed E-state index contributed by atoms with van der Waals surface area (Å²) in [5.41, 5.74) is -1.27. The standard InChI is InChI=1S/C10H8F4/c1-3-10(13,14)7-4-5-8(11)6(2)9(7)12/h3-5H,1H2,2H3. The molecule has 1 aromatic rings. The number of halogens is 4. The Balaban J connectivity index is 3.38. The van der Waals surface area contributed by atoms with Crippen LogP contribution in [0.5, 0.6) is 0 Å². The van der Waals surface area contributed by atoms with E-state index in [2.05, 4.69) is 6.58 Å². The molecule has 0 nitrogen and oxygen atoms in total. The highest BCUT2D eigenvalue weighted by Gasteiger charge is 2.31. The van der Waals surface area contributed by atoms with Crippen LogP contribution in [-0.2, 0) is 5.92 Å². The summed E-state index contributed by atoms with van der Waals surface area (Å²) in [6.45, 7) is 4.00. The zero-order valence-corrected chi connectivity index (χ0v) is 7.45. The molecule has 0 aliphatic carbocycles. The van der Waals surface area contributed by atoms with Crippen molar-refractivity contribution >= 4 is 0 Å². The Morgan fingerprint density at radius 3 is 2.36 bits per heavy atom. The van der Waals surface area contributed by atoms with Crippen molar-refractivity contribution in [3.05, 3.63) is 47.5 Å². The topological polar surface area (TPSA) is 0 Å². The van der Waals surface area contributed by atoms with Crippen molar-refractivity contribution in [2.75, 3.05) is 0 Å². The summed E-state index contributed by atoms with van der Waals surface area (Å²) in [5, 5.41) is 0. The van der Waals surface area contributed by atoms with E-state index in [1.165, 1.54) is 0 Å². The molecule has 0 saturated heterocycles. The lowest BCUT2D eigenvalue weighted by Gasteiger charge is -2.13. The van der Waals surface area contributed by atoms with E-state index in [0.29, 0.717) is 6.08 Å². The Hall–Kier alpha value is -1.32. The van der Waals surface area contributed by atoms with Gasteiger partial charge in [0, 0.05) is 5.56 Å². The van der Waals surface area contributed by atoms with Gasteiger partial charge < -0.3 is 0 Å². The maximum absolute atomic E-state index is 13.2. The van der Waals surface area contributed by atoms with E-state index in [4.69, 9.17) is 0 Å². The highest BCUT2D eigenvalue weighted by atomic mass is 19.3. The van der Waals surface area contributed by atoms with Gasteiger partial charge in [0.25, 0.3) is 5.92 Å². The molecule has 0 fully saturated rings. The van der Waals surface area contributed by atoms with E-state index in [9.17, 15) is 17.6 Å². The first-order valence-electron chi connectivity index (χ1n) is 3.86. The molecule has 0 aliphatic rings. The van der Waals surface area contributed by atoms with Crippen LogP contribution >= 0.6 is 0 Å². The van der Waals surface area contributed by atoms with Gasteiger partial charge in [0.15, 0.2) is 0 Å². The van der Waals surface area contributed by atoms with Crippen LogP contribution in [0.25, 0.3) is 0 Å². The predicted molar refractivity (Wildman–Crippen MR) is 45.2 cm³/mol. The fraction of sp³-hybridized carbons (Fsp3) is 0.200. The number of hydrogen-bond donors (Lipinski definition) is 0. The van der Waals surface area contributed by atoms with E-state index in [-0.39, 0.29) is 0 Å². The molecule has 76 valence electrons. The van der Waals surface area contributed by atoms with E-state index in [0.717, 1.165) is 19.1 Å². The number of hydrogen-bond acceptors (Lipinski definition) is 0. The smallest absolute Gasteiger partial charge is 0.207 e. The van der Waals surface area contributed by atoms with Gasteiger partial charge in [-0.25, -0.2) is 8.78 Å². The molecule has 0 unspecified atom stereocenters. The minimum Gasteiger partial charge on any atom is -0.207 e. The second-order valence-corrected chi connectivity index (χ2v) is 2.86. The summed E-state index contributed by atoms with van der Waals surface area (Å²) in [7, 11) is 0. The van der Waals surface area contributed by atoms with Crippen molar-refractivity contribution in [3.8, 4) is 0 Å². The second kappa shape index (κ2) is 3.44. The lowest BCUT2D eigenvalue weighted by molar-refractivity contribution is 0.0482. The van der Waals surface area contributed by atoms with Gasteiger partial charge >= 0.3 is 0 Å². The van der Waals surface area contributed by atoms with Crippen LogP contribution in [0, 0.1) is 18.6 Å². The van der Waals surface area contributed by atoms with Crippen molar-refractivity contribution in [2.45, 2.75) is 12.8 Å². The lowest BCUT2D eigenvalue weighted by atomic mass is 10.0. The van der Waals surface area contributed by atoms with Gasteiger partial charge in [0.1, 0.15) is 11.6 Å². The molecule has 1 rings (SSSR count). The average molecular weight is 204 g/mol. The minimum atomic E-state index is -3.47. The summed E-state index contributed by atoms with van der Waals surface area (Å²) in [4.78, 5) is 0. The zero-order chi connectivity index (χ0) is 10.9. The maximum atomic E-state index is 13.2. The molecule has 0 bridgehead atoms. The van der Waals surface area contributed by atoms with Gasteiger partial charge in [-0.3, -0.25) is 0 Å². The van der Waals surface area contributed by atoms with Crippen LogP contribution in [0.3, 0.4) is 0 Å². The van der Waals surface area contributed by atoms with Crippen LogP contribution in [0.2, 0.25) is 0 Å². The molecule has 14 heavy (non-hydrogen) atoms. The van der Waals surface area contributed by atoms with Crippen LogP contribution < -0.4 is 0 Å². The number of rotatable bonds is 2. The molecule has 0 spiro atoms. The SMILES string of the molecule is C=CC(F)(F)c1ccc(F)c(C)c1F. The molecule has 1 aromatic carbocycles. The summed E-state index contributed by atoms with van der Waals surface area (Å²) in [5.74, 6) is -5.54. The predicted octanol–water partition coefficient (Wildman–Crippen LogP) is 3.55. The zero-order valence-electron chi connectivity index (χ0n) is 7.45. The highest BCUT2D eigenvalue weighted by molar-refractivity contribution is 5.31. The molecule has 0 N–H and O–H groups in total. The largest absolute Gasteiger partial charge is 0.294 e. The van der Waals surface area contributed by atoms with E-state index >= 15 is 0 Å². The number of alkyl halides is 2. The monoisotopic (exact) mass is 204 g/mol. The molecule has 0 amide bonds. The van der Waals surface area contributed by atoms with Crippen molar-refractivity contribution in [1.82, 2.24) is 0 Å². The quantitative estimate of drug-likeness (QED) is 0.510. The summed E-state index contributed by atoms with van der Waals surface area (Å²) < 4.78 is 51.9. The molecular weight excluding hydrogens is 196 g/mol. The van der Waals surface area contributed by atoms with Crippen LogP contribution in [-0.4, -0.2) is 0 Å². The first-order valence-corrected chi connectivity index (χ1v) is 3.86. The van der Waals surface area contributed by atoms with Crippen LogP contribution in [0.1, 0.15) is 11.1 Å². The number of allylic oxidation sites excluding steroid dienone is 1. The van der Waals surface area contributed by atoms with Crippen LogP contribution in [0.4, 0.5) is 17.6 Å². The van der Waals surface area contributed by atoms with Gasteiger partial charge in [-0.15, -0.1) is 0 Å². The van der Waals surface area contributed by atoms with Crippen molar-refractivity contribution < 1.29 is 17.6 Å². The van der Waals surface area contributed by atoms with Gasteiger partial charge in [-0.1, -0.05) is 6.58 Å². The minimum absolute atomic E-state index is 0.322. The molecule has 0 atom stereocenters. The molecule has 0 aliphatic heterocycles. The highest BCUT2D eigenvalue weighted by Crippen LogP contribution is 2.32. The average Bonchev–Trinajstić information content (AvgIpc) is 2.14. The van der Waals surface area contributed by atoms with Crippen LogP contribution in [0.15, 0.2) is 24.8 Å². The van der Waals surface area contributed by atoms with Crippen molar-refractivity contribution in [1.29, 1.82) is 0 Å². The maximum Gasteiger partial charge on any atom is 0.294 e. The normalized spacial score (nSPS) is 11.5.